The summed E-state index contributed by atoms with van der Waals surface area (Å²) in [5.41, 5.74) is 1.06. The smallest absolute Gasteiger partial charge is 0.335 e. The third-order valence-electron chi connectivity index (χ3n) is 4.15. The lowest BCUT2D eigenvalue weighted by molar-refractivity contribution is -0.129. The SMILES string of the molecule is CC=CC(=O)Oc1ccccc1C(C)(C)c1ccccc1OC(=O)C=CC. The molecule has 0 heterocycles. The predicted molar refractivity (Wildman–Crippen MR) is 106 cm³/mol. The Morgan fingerprint density at radius 1 is 0.741 bits per heavy atom. The van der Waals surface area contributed by atoms with Crippen molar-refractivity contribution in [1.29, 1.82) is 0 Å². The van der Waals surface area contributed by atoms with Crippen LogP contribution in [0.15, 0.2) is 72.8 Å². The van der Waals surface area contributed by atoms with Gasteiger partial charge in [0.1, 0.15) is 11.5 Å². The summed E-state index contributed by atoms with van der Waals surface area (Å²) in [6, 6.07) is 14.7. The van der Waals surface area contributed by atoms with Crippen LogP contribution < -0.4 is 9.47 Å². The van der Waals surface area contributed by atoms with E-state index in [0.29, 0.717) is 11.5 Å². The van der Waals surface area contributed by atoms with Crippen LogP contribution in [0.1, 0.15) is 38.8 Å². The molecule has 0 fully saturated rings. The first-order valence-corrected chi connectivity index (χ1v) is 8.78. The summed E-state index contributed by atoms with van der Waals surface area (Å²) in [7, 11) is 0. The number of esters is 2. The fraction of sp³-hybridized carbons (Fsp3) is 0.217. The largest absolute Gasteiger partial charge is 0.423 e. The minimum absolute atomic E-state index is 0.437. The zero-order valence-corrected chi connectivity index (χ0v) is 16.1. The van der Waals surface area contributed by atoms with E-state index < -0.39 is 17.4 Å². The van der Waals surface area contributed by atoms with E-state index in [1.807, 2.05) is 50.2 Å². The molecule has 0 aliphatic heterocycles. The molecule has 140 valence electrons. The number of hydrogen-bond donors (Lipinski definition) is 0. The lowest BCUT2D eigenvalue weighted by Gasteiger charge is -2.29. The fourth-order valence-electron chi connectivity index (χ4n) is 2.85. The van der Waals surface area contributed by atoms with Crippen LogP contribution >= 0.6 is 0 Å². The Morgan fingerprint density at radius 2 is 1.11 bits per heavy atom. The molecule has 2 rings (SSSR count). The molecule has 27 heavy (non-hydrogen) atoms. The lowest BCUT2D eigenvalue weighted by Crippen LogP contribution is -2.22. The number of carbonyl (C=O) groups excluding carboxylic acids is 2. The Hall–Kier alpha value is -3.14. The van der Waals surface area contributed by atoms with Crippen LogP contribution in [0.3, 0.4) is 0 Å². The zero-order chi connectivity index (χ0) is 19.9. The standard InChI is InChI=1S/C23H24O4/c1-5-11-21(24)26-19-15-9-7-13-17(19)23(3,4)18-14-8-10-16-20(18)27-22(25)12-6-2/h5-16H,1-4H3. The molecule has 2 aromatic rings. The van der Waals surface area contributed by atoms with Gasteiger partial charge in [-0.15, -0.1) is 0 Å². The van der Waals surface area contributed by atoms with Crippen LogP contribution in [0.4, 0.5) is 0 Å². The first kappa shape index (κ1) is 20.2. The van der Waals surface area contributed by atoms with Crippen molar-refractivity contribution in [3.05, 3.63) is 84.0 Å². The molecule has 0 aliphatic rings. The van der Waals surface area contributed by atoms with Gasteiger partial charge in [0.25, 0.3) is 0 Å². The van der Waals surface area contributed by atoms with Crippen LogP contribution in [-0.2, 0) is 15.0 Å². The Kier molecular flexibility index (Phi) is 6.72. The maximum Gasteiger partial charge on any atom is 0.335 e. The molecule has 0 atom stereocenters. The monoisotopic (exact) mass is 364 g/mol. The molecule has 0 saturated heterocycles. The van der Waals surface area contributed by atoms with Crippen molar-refractivity contribution in [3.8, 4) is 11.5 Å². The molecular formula is C23H24O4. The van der Waals surface area contributed by atoms with Gasteiger partial charge in [-0.3, -0.25) is 0 Å². The summed E-state index contributed by atoms with van der Waals surface area (Å²) in [6.45, 7) is 7.51. The second-order valence-electron chi connectivity index (χ2n) is 6.46. The van der Waals surface area contributed by atoms with E-state index in [4.69, 9.17) is 9.47 Å². The highest BCUT2D eigenvalue weighted by Crippen LogP contribution is 2.41. The van der Waals surface area contributed by atoms with E-state index in [1.54, 1.807) is 38.1 Å². The fourth-order valence-corrected chi connectivity index (χ4v) is 2.85. The zero-order valence-electron chi connectivity index (χ0n) is 16.1. The molecule has 0 N–H and O–H groups in total. The van der Waals surface area contributed by atoms with Crippen LogP contribution in [0.5, 0.6) is 11.5 Å². The summed E-state index contributed by atoms with van der Waals surface area (Å²) in [5, 5.41) is 0. The molecule has 0 radical (unpaired) electrons. The van der Waals surface area contributed by atoms with E-state index in [-0.39, 0.29) is 0 Å². The van der Waals surface area contributed by atoms with Crippen molar-refractivity contribution in [2.24, 2.45) is 0 Å². The van der Waals surface area contributed by atoms with Gasteiger partial charge in [0.05, 0.1) is 0 Å². The number of ether oxygens (including phenoxy) is 2. The molecule has 0 aliphatic carbocycles. The van der Waals surface area contributed by atoms with Gasteiger partial charge in [-0.05, 0) is 26.0 Å². The van der Waals surface area contributed by atoms with Gasteiger partial charge in [0.2, 0.25) is 0 Å². The number of carbonyl (C=O) groups is 2. The Morgan fingerprint density at radius 3 is 1.48 bits per heavy atom. The summed E-state index contributed by atoms with van der Waals surface area (Å²) in [5.74, 6) is 0.0717. The number of rotatable bonds is 6. The van der Waals surface area contributed by atoms with Gasteiger partial charge in [-0.2, -0.15) is 0 Å². The van der Waals surface area contributed by atoms with E-state index in [9.17, 15) is 9.59 Å². The third kappa shape index (κ3) is 4.94. The van der Waals surface area contributed by atoms with Gasteiger partial charge in [-0.25, -0.2) is 9.59 Å². The maximum atomic E-state index is 11.9. The highest BCUT2D eigenvalue weighted by atomic mass is 16.5. The van der Waals surface area contributed by atoms with Crippen molar-refractivity contribution in [1.82, 2.24) is 0 Å². The quantitative estimate of drug-likeness (QED) is 0.412. The van der Waals surface area contributed by atoms with Crippen LogP contribution in [0.2, 0.25) is 0 Å². The number of allylic oxidation sites excluding steroid dienone is 2. The first-order valence-electron chi connectivity index (χ1n) is 8.78. The Balaban J connectivity index is 2.48. The third-order valence-corrected chi connectivity index (χ3v) is 4.15. The van der Waals surface area contributed by atoms with E-state index in [1.165, 1.54) is 12.2 Å². The maximum absolute atomic E-state index is 11.9. The lowest BCUT2D eigenvalue weighted by atomic mass is 9.77. The number of hydrogen-bond acceptors (Lipinski definition) is 4. The highest BCUT2D eigenvalue weighted by Gasteiger charge is 2.30. The minimum atomic E-state index is -0.570. The molecular weight excluding hydrogens is 340 g/mol. The van der Waals surface area contributed by atoms with Gasteiger partial charge < -0.3 is 9.47 Å². The molecule has 4 nitrogen and oxygen atoms in total. The van der Waals surface area contributed by atoms with Crippen molar-refractivity contribution in [3.63, 3.8) is 0 Å². The average Bonchev–Trinajstić information content (AvgIpc) is 2.62. The summed E-state index contributed by atoms with van der Waals surface area (Å²) < 4.78 is 11.0. The first-order chi connectivity index (χ1) is 12.9. The van der Waals surface area contributed by atoms with Crippen LogP contribution in [0, 0.1) is 0 Å². The Bertz CT molecular complexity index is 804. The highest BCUT2D eigenvalue weighted by molar-refractivity contribution is 5.85. The predicted octanol–water partition coefficient (Wildman–Crippen LogP) is 4.98. The van der Waals surface area contributed by atoms with Gasteiger partial charge in [-0.1, -0.05) is 62.4 Å². The number of benzene rings is 2. The molecule has 2 aromatic carbocycles. The van der Waals surface area contributed by atoms with Crippen LogP contribution in [-0.4, -0.2) is 11.9 Å². The van der Waals surface area contributed by atoms with E-state index in [2.05, 4.69) is 0 Å². The molecule has 0 spiro atoms. The van der Waals surface area contributed by atoms with Gasteiger partial charge >= 0.3 is 11.9 Å². The second kappa shape index (κ2) is 8.99. The molecule has 0 amide bonds. The molecule has 4 heteroatoms. The molecule has 0 unspecified atom stereocenters. The van der Waals surface area contributed by atoms with Crippen molar-refractivity contribution < 1.29 is 19.1 Å². The summed E-state index contributed by atoms with van der Waals surface area (Å²) in [6.07, 6.45) is 6.01. The van der Waals surface area contributed by atoms with Crippen molar-refractivity contribution in [2.45, 2.75) is 33.1 Å². The number of para-hydroxylation sites is 2. The molecule has 0 aromatic heterocycles. The van der Waals surface area contributed by atoms with Crippen LogP contribution in [0.25, 0.3) is 0 Å². The van der Waals surface area contributed by atoms with E-state index >= 15 is 0 Å². The molecule has 0 bridgehead atoms. The molecule has 0 saturated carbocycles. The summed E-state index contributed by atoms with van der Waals surface area (Å²) in [4.78, 5) is 23.9. The topological polar surface area (TPSA) is 52.6 Å². The van der Waals surface area contributed by atoms with Crippen molar-refractivity contribution in [2.75, 3.05) is 0 Å². The van der Waals surface area contributed by atoms with Crippen molar-refractivity contribution >= 4 is 11.9 Å². The Labute approximate surface area is 160 Å². The van der Waals surface area contributed by atoms with Gasteiger partial charge in [0.15, 0.2) is 0 Å². The minimum Gasteiger partial charge on any atom is -0.423 e. The van der Waals surface area contributed by atoms with Gasteiger partial charge in [0, 0.05) is 28.7 Å². The average molecular weight is 364 g/mol. The second-order valence-corrected chi connectivity index (χ2v) is 6.46. The summed E-state index contributed by atoms with van der Waals surface area (Å²) >= 11 is 0. The normalized spacial score (nSPS) is 11.7. The van der Waals surface area contributed by atoms with E-state index in [0.717, 1.165) is 11.1 Å².